The molecule has 1 aromatic heterocycles. The molecule has 0 radical (unpaired) electrons. The molecule has 1 aliphatic rings. The second-order valence-electron chi connectivity index (χ2n) is 10.2. The minimum atomic E-state index is -0.608. The SMILES string of the molecule is CC1(O)CC(n2cc3cc(/C(S)=C(/C=C/CC(N)CCCNC=O)c4ccc(C#N)c(P)c4)ccc3n2)C1. The summed E-state index contributed by atoms with van der Waals surface area (Å²) in [6.45, 7) is 2.48. The average molecular weight is 548 g/mol. The molecule has 2 unspecified atom stereocenters. The Morgan fingerprint density at radius 3 is 2.82 bits per heavy atom. The molecule has 198 valence electrons. The minimum Gasteiger partial charge on any atom is -0.390 e. The van der Waals surface area contributed by atoms with E-state index in [0.717, 1.165) is 50.7 Å². The summed E-state index contributed by atoms with van der Waals surface area (Å²) >= 11 is 4.96. The first kappa shape index (κ1) is 28.1. The average Bonchev–Trinajstić information content (AvgIpc) is 3.30. The van der Waals surface area contributed by atoms with Crippen molar-refractivity contribution in [2.24, 2.45) is 5.73 Å². The summed E-state index contributed by atoms with van der Waals surface area (Å²) in [4.78, 5) is 11.2. The van der Waals surface area contributed by atoms with Gasteiger partial charge in [0.05, 0.1) is 28.8 Å². The molecule has 3 aromatic rings. The molecule has 2 atom stereocenters. The second-order valence-corrected chi connectivity index (χ2v) is 11.3. The molecule has 1 amide bonds. The number of hydrogen-bond acceptors (Lipinski definition) is 6. The van der Waals surface area contributed by atoms with Gasteiger partial charge in [0.2, 0.25) is 6.41 Å². The van der Waals surface area contributed by atoms with Gasteiger partial charge in [-0.2, -0.15) is 10.4 Å². The third-order valence-corrected chi connectivity index (χ3v) is 7.94. The molecule has 1 fully saturated rings. The van der Waals surface area contributed by atoms with Crippen LogP contribution in [0, 0.1) is 11.3 Å². The van der Waals surface area contributed by atoms with Crippen LogP contribution in [-0.4, -0.2) is 39.5 Å². The van der Waals surface area contributed by atoms with Crippen molar-refractivity contribution in [2.45, 2.75) is 56.7 Å². The molecule has 4 rings (SSSR count). The smallest absolute Gasteiger partial charge is 0.207 e. The number of rotatable bonds is 11. The van der Waals surface area contributed by atoms with E-state index in [4.69, 9.17) is 23.5 Å². The maximum atomic E-state index is 10.4. The number of nitrogens with two attached hydrogens (primary N) is 1. The van der Waals surface area contributed by atoms with Gasteiger partial charge in [-0.05, 0) is 85.3 Å². The molecular weight excluding hydrogens is 513 g/mol. The van der Waals surface area contributed by atoms with E-state index in [2.05, 4.69) is 32.8 Å². The second kappa shape index (κ2) is 12.3. The number of hydrogen-bond donors (Lipinski definition) is 4. The van der Waals surface area contributed by atoms with Gasteiger partial charge in [0.1, 0.15) is 0 Å². The van der Waals surface area contributed by atoms with Crippen LogP contribution in [0.3, 0.4) is 0 Å². The number of benzene rings is 2. The van der Waals surface area contributed by atoms with E-state index in [1.165, 1.54) is 0 Å². The zero-order valence-electron chi connectivity index (χ0n) is 21.5. The number of thiol groups is 1. The van der Waals surface area contributed by atoms with Crippen LogP contribution >= 0.6 is 21.9 Å². The standard InChI is InChI=1S/C29H34N5O2PS/c1-29(36)14-24(15-29)34-17-22-12-20(9-10-26(22)33-34)28(38)25(19-7-8-21(16-30)27(37)13-19)6-2-4-23(31)5-3-11-32-18-35/h2,6-10,12-13,17-18,23-24,36,38H,3-5,11,14-15,31,37H2,1H3,(H,32,35)/b6-2+,28-25+. The summed E-state index contributed by atoms with van der Waals surface area (Å²) in [5.41, 5.74) is 10.0. The Morgan fingerprint density at radius 1 is 1.37 bits per heavy atom. The lowest BCUT2D eigenvalue weighted by atomic mass is 9.77. The number of nitrogens with zero attached hydrogens (tertiary/aromatic N) is 3. The van der Waals surface area contributed by atoms with Crippen LogP contribution in [0.25, 0.3) is 21.4 Å². The fourth-order valence-electron chi connectivity index (χ4n) is 4.82. The third-order valence-electron chi connectivity index (χ3n) is 6.96. The highest BCUT2D eigenvalue weighted by molar-refractivity contribution is 7.90. The van der Waals surface area contributed by atoms with Crippen LogP contribution in [0.15, 0.2) is 54.7 Å². The van der Waals surface area contributed by atoms with Crippen LogP contribution in [0.5, 0.6) is 0 Å². The van der Waals surface area contributed by atoms with E-state index < -0.39 is 5.60 Å². The van der Waals surface area contributed by atoms with Gasteiger partial charge in [-0.1, -0.05) is 24.3 Å². The van der Waals surface area contributed by atoms with E-state index in [0.29, 0.717) is 37.8 Å². The monoisotopic (exact) mass is 547 g/mol. The van der Waals surface area contributed by atoms with Crippen molar-refractivity contribution in [3.05, 3.63) is 71.4 Å². The molecule has 1 saturated carbocycles. The van der Waals surface area contributed by atoms with Crippen molar-refractivity contribution >= 4 is 55.0 Å². The third kappa shape index (κ3) is 6.73. The maximum Gasteiger partial charge on any atom is 0.207 e. The predicted molar refractivity (Wildman–Crippen MR) is 160 cm³/mol. The molecular formula is C29H34N5O2PS. The Hall–Kier alpha value is -2.95. The van der Waals surface area contributed by atoms with E-state index in [9.17, 15) is 15.2 Å². The first-order chi connectivity index (χ1) is 18.2. The molecule has 0 bridgehead atoms. The number of nitrogens with one attached hydrogen (secondary N) is 1. The Kier molecular flexibility index (Phi) is 9.07. The van der Waals surface area contributed by atoms with Crippen molar-refractivity contribution < 1.29 is 9.90 Å². The summed E-state index contributed by atoms with van der Waals surface area (Å²) in [6.07, 6.45) is 10.6. The molecule has 38 heavy (non-hydrogen) atoms. The first-order valence-electron chi connectivity index (χ1n) is 12.7. The molecule has 9 heteroatoms. The zero-order chi connectivity index (χ0) is 27.3. The normalized spacial score (nSPS) is 20.6. The Morgan fingerprint density at radius 2 is 2.13 bits per heavy atom. The lowest BCUT2D eigenvalue weighted by Gasteiger charge is -2.40. The minimum absolute atomic E-state index is 0.0166. The number of allylic oxidation sites excluding steroid dienone is 2. The number of aliphatic hydroxyl groups is 1. The van der Waals surface area contributed by atoms with E-state index in [-0.39, 0.29) is 12.1 Å². The van der Waals surface area contributed by atoms with E-state index >= 15 is 0 Å². The molecule has 0 spiro atoms. The lowest BCUT2D eigenvalue weighted by Crippen LogP contribution is -2.42. The lowest BCUT2D eigenvalue weighted by molar-refractivity contribution is -0.109. The van der Waals surface area contributed by atoms with Crippen molar-refractivity contribution in [3.8, 4) is 6.07 Å². The van der Waals surface area contributed by atoms with Crippen molar-refractivity contribution in [1.29, 1.82) is 5.26 Å². The van der Waals surface area contributed by atoms with Gasteiger partial charge < -0.3 is 16.2 Å². The first-order valence-corrected chi connectivity index (χ1v) is 13.8. The highest BCUT2D eigenvalue weighted by Gasteiger charge is 2.39. The highest BCUT2D eigenvalue weighted by Crippen LogP contribution is 2.41. The topological polar surface area (TPSA) is 117 Å². The summed E-state index contributed by atoms with van der Waals surface area (Å²) in [5.74, 6) is 0. The Bertz CT molecular complexity index is 1410. The summed E-state index contributed by atoms with van der Waals surface area (Å²) < 4.78 is 1.96. The van der Waals surface area contributed by atoms with E-state index in [1.807, 2.05) is 54.2 Å². The fourth-order valence-corrected chi connectivity index (χ4v) is 5.51. The summed E-state index contributed by atoms with van der Waals surface area (Å²) in [7, 11) is 2.63. The number of carbonyl (C=O) groups is 1. The van der Waals surface area contributed by atoms with Crippen LogP contribution in [0.2, 0.25) is 0 Å². The summed E-state index contributed by atoms with van der Waals surface area (Å²) in [6, 6.07) is 14.2. The van der Waals surface area contributed by atoms with Crippen LogP contribution in [-0.2, 0) is 4.79 Å². The van der Waals surface area contributed by atoms with Gasteiger partial charge in [0.15, 0.2) is 0 Å². The van der Waals surface area contributed by atoms with Crippen LogP contribution < -0.4 is 16.4 Å². The fraction of sp³-hybridized carbons (Fsp3) is 0.345. The zero-order valence-corrected chi connectivity index (χ0v) is 23.5. The molecule has 0 saturated heterocycles. The van der Waals surface area contributed by atoms with Gasteiger partial charge in [0, 0.05) is 29.1 Å². The van der Waals surface area contributed by atoms with Crippen molar-refractivity contribution in [3.63, 3.8) is 0 Å². The van der Waals surface area contributed by atoms with Gasteiger partial charge in [-0.15, -0.1) is 21.9 Å². The number of nitriles is 1. The molecule has 0 aliphatic heterocycles. The largest absolute Gasteiger partial charge is 0.390 e. The van der Waals surface area contributed by atoms with Gasteiger partial charge >= 0.3 is 0 Å². The Labute approximate surface area is 231 Å². The number of fused-ring (bicyclic) bond motifs is 1. The van der Waals surface area contributed by atoms with Crippen molar-refractivity contribution in [2.75, 3.05) is 6.54 Å². The molecule has 1 aliphatic carbocycles. The van der Waals surface area contributed by atoms with Crippen LogP contribution in [0.4, 0.5) is 0 Å². The molecule has 2 aromatic carbocycles. The molecule has 4 N–H and O–H groups in total. The predicted octanol–water partition coefficient (Wildman–Crippen LogP) is 4.09. The highest BCUT2D eigenvalue weighted by atomic mass is 32.1. The van der Waals surface area contributed by atoms with Gasteiger partial charge in [0.25, 0.3) is 0 Å². The molecule has 1 heterocycles. The number of amides is 1. The van der Waals surface area contributed by atoms with Crippen molar-refractivity contribution in [1.82, 2.24) is 15.1 Å². The van der Waals surface area contributed by atoms with Gasteiger partial charge in [-0.3, -0.25) is 9.48 Å². The van der Waals surface area contributed by atoms with Gasteiger partial charge in [-0.25, -0.2) is 0 Å². The summed E-state index contributed by atoms with van der Waals surface area (Å²) in [5, 5.41) is 28.7. The van der Waals surface area contributed by atoms with Crippen LogP contribution in [0.1, 0.15) is 61.8 Å². The molecule has 7 nitrogen and oxygen atoms in total. The maximum absolute atomic E-state index is 10.4. The Balaban J connectivity index is 1.63. The number of carbonyl (C=O) groups excluding carboxylic acids is 1. The quantitative estimate of drug-likeness (QED) is 0.0721. The van der Waals surface area contributed by atoms with E-state index in [1.54, 1.807) is 0 Å². The number of aromatic nitrogens is 2.